The molecule has 1 aromatic heterocycles. The second-order valence-corrected chi connectivity index (χ2v) is 7.04. The molecule has 2 saturated heterocycles. The summed E-state index contributed by atoms with van der Waals surface area (Å²) in [6.07, 6.45) is 7.41. The van der Waals surface area contributed by atoms with E-state index in [0.717, 1.165) is 19.4 Å². The predicted octanol–water partition coefficient (Wildman–Crippen LogP) is 3.09. The third-order valence-corrected chi connectivity index (χ3v) is 5.17. The van der Waals surface area contributed by atoms with Crippen LogP contribution in [0.15, 0.2) is 24.4 Å². The second kappa shape index (κ2) is 7.85. The lowest BCUT2D eigenvalue weighted by atomic mass is 9.91. The Hall–Kier alpha value is -2.11. The van der Waals surface area contributed by atoms with Crippen molar-refractivity contribution in [1.82, 2.24) is 14.8 Å². The van der Waals surface area contributed by atoms with Crippen LogP contribution in [0.4, 0.5) is 4.79 Å². The highest BCUT2D eigenvalue weighted by atomic mass is 16.6. The number of carbonyl (C=O) groups excluding carboxylic acids is 2. The van der Waals surface area contributed by atoms with Crippen LogP contribution < -0.4 is 0 Å². The molecule has 3 rings (SSSR count). The Kier molecular flexibility index (Phi) is 5.56. The molecule has 0 bridgehead atoms. The fourth-order valence-electron chi connectivity index (χ4n) is 3.62. The molecule has 6 heteroatoms. The van der Waals surface area contributed by atoms with Gasteiger partial charge >= 0.3 is 6.09 Å². The van der Waals surface area contributed by atoms with Crippen molar-refractivity contribution >= 4 is 12.0 Å². The van der Waals surface area contributed by atoms with E-state index in [4.69, 9.17) is 4.74 Å². The van der Waals surface area contributed by atoms with Crippen LogP contribution in [0.25, 0.3) is 0 Å². The summed E-state index contributed by atoms with van der Waals surface area (Å²) in [4.78, 5) is 32.4. The molecule has 2 fully saturated rings. The van der Waals surface area contributed by atoms with Crippen LogP contribution in [0.2, 0.25) is 0 Å². The van der Waals surface area contributed by atoms with E-state index in [1.54, 1.807) is 18.3 Å². The number of aromatic nitrogens is 1. The number of amides is 2. The van der Waals surface area contributed by atoms with Gasteiger partial charge in [0.2, 0.25) is 0 Å². The molecule has 0 aromatic carbocycles. The fraction of sp³-hybridized carbons (Fsp3) is 0.632. The molecule has 1 spiro atoms. The Morgan fingerprint density at radius 1 is 1.24 bits per heavy atom. The Labute approximate surface area is 149 Å². The Morgan fingerprint density at radius 3 is 2.72 bits per heavy atom. The van der Waals surface area contributed by atoms with E-state index in [1.807, 2.05) is 15.9 Å². The van der Waals surface area contributed by atoms with Crippen LogP contribution in [-0.2, 0) is 4.74 Å². The van der Waals surface area contributed by atoms with Crippen LogP contribution in [0.3, 0.4) is 0 Å². The molecule has 136 valence electrons. The van der Waals surface area contributed by atoms with Gasteiger partial charge in [-0.1, -0.05) is 32.3 Å². The summed E-state index contributed by atoms with van der Waals surface area (Å²) in [7, 11) is 0. The molecule has 0 unspecified atom stereocenters. The SMILES string of the molecule is CCCCCCN1CC2(CCN(C(=O)c3ccccn3)CC2)OC1=O. The number of nitrogens with zero attached hydrogens (tertiary/aromatic N) is 3. The average molecular weight is 345 g/mol. The number of pyridine rings is 1. The molecular weight excluding hydrogens is 318 g/mol. The second-order valence-electron chi connectivity index (χ2n) is 7.04. The lowest BCUT2D eigenvalue weighted by Crippen LogP contribution is -2.48. The number of carbonyl (C=O) groups is 2. The molecule has 0 saturated carbocycles. The fourth-order valence-corrected chi connectivity index (χ4v) is 3.62. The summed E-state index contributed by atoms with van der Waals surface area (Å²) in [5.41, 5.74) is 0.0577. The number of ether oxygens (including phenoxy) is 1. The summed E-state index contributed by atoms with van der Waals surface area (Å²) in [6.45, 7) is 4.82. The topological polar surface area (TPSA) is 62.7 Å². The van der Waals surface area contributed by atoms with Crippen molar-refractivity contribution in [3.8, 4) is 0 Å². The molecular formula is C19H27N3O3. The van der Waals surface area contributed by atoms with Crippen molar-refractivity contribution in [3.05, 3.63) is 30.1 Å². The Bertz CT molecular complexity index is 597. The first-order valence-electron chi connectivity index (χ1n) is 9.32. The van der Waals surface area contributed by atoms with Gasteiger partial charge in [0.15, 0.2) is 0 Å². The van der Waals surface area contributed by atoms with Crippen LogP contribution in [0, 0.1) is 0 Å². The van der Waals surface area contributed by atoms with Gasteiger partial charge in [-0.15, -0.1) is 0 Å². The largest absolute Gasteiger partial charge is 0.441 e. The van der Waals surface area contributed by atoms with Crippen molar-refractivity contribution in [3.63, 3.8) is 0 Å². The van der Waals surface area contributed by atoms with E-state index in [2.05, 4.69) is 11.9 Å². The maximum Gasteiger partial charge on any atom is 0.410 e. The van der Waals surface area contributed by atoms with Gasteiger partial charge in [-0.2, -0.15) is 0 Å². The third-order valence-electron chi connectivity index (χ3n) is 5.17. The van der Waals surface area contributed by atoms with E-state index in [9.17, 15) is 9.59 Å². The molecule has 1 aromatic rings. The highest BCUT2D eigenvalue weighted by Gasteiger charge is 2.47. The molecule has 0 atom stereocenters. The van der Waals surface area contributed by atoms with Crippen molar-refractivity contribution < 1.29 is 14.3 Å². The Balaban J connectivity index is 1.51. The van der Waals surface area contributed by atoms with Gasteiger partial charge in [0, 0.05) is 38.7 Å². The summed E-state index contributed by atoms with van der Waals surface area (Å²) < 4.78 is 5.73. The van der Waals surface area contributed by atoms with Gasteiger partial charge in [-0.25, -0.2) is 4.79 Å². The monoisotopic (exact) mass is 345 g/mol. The highest BCUT2D eigenvalue weighted by molar-refractivity contribution is 5.92. The van der Waals surface area contributed by atoms with E-state index in [-0.39, 0.29) is 12.0 Å². The van der Waals surface area contributed by atoms with E-state index in [1.165, 1.54) is 12.8 Å². The molecule has 25 heavy (non-hydrogen) atoms. The van der Waals surface area contributed by atoms with Crippen molar-refractivity contribution in [2.75, 3.05) is 26.2 Å². The highest BCUT2D eigenvalue weighted by Crippen LogP contribution is 2.33. The minimum Gasteiger partial charge on any atom is -0.441 e. The summed E-state index contributed by atoms with van der Waals surface area (Å²) >= 11 is 0. The third kappa shape index (κ3) is 4.11. The van der Waals surface area contributed by atoms with Gasteiger partial charge in [-0.3, -0.25) is 9.78 Å². The summed E-state index contributed by atoms with van der Waals surface area (Å²) in [5, 5.41) is 0. The van der Waals surface area contributed by atoms with Gasteiger partial charge in [0.05, 0.1) is 6.54 Å². The molecule has 3 heterocycles. The van der Waals surface area contributed by atoms with Crippen molar-refractivity contribution in [2.24, 2.45) is 0 Å². The number of hydrogen-bond acceptors (Lipinski definition) is 4. The van der Waals surface area contributed by atoms with E-state index >= 15 is 0 Å². The Morgan fingerprint density at radius 2 is 2.04 bits per heavy atom. The molecule has 2 amide bonds. The van der Waals surface area contributed by atoms with Gasteiger partial charge in [-0.05, 0) is 18.6 Å². The molecule has 6 nitrogen and oxygen atoms in total. The number of piperidine rings is 1. The standard InChI is InChI=1S/C19H27N3O3/c1-2-3-4-7-12-22-15-19(25-18(22)24)9-13-21(14-10-19)17(23)16-8-5-6-11-20-16/h5-6,8,11H,2-4,7,9-10,12-15H2,1H3. The van der Waals surface area contributed by atoms with Crippen molar-refractivity contribution in [1.29, 1.82) is 0 Å². The number of unbranched alkanes of at least 4 members (excludes halogenated alkanes) is 3. The minimum absolute atomic E-state index is 0.0452. The average Bonchev–Trinajstić information content (AvgIpc) is 2.95. The van der Waals surface area contributed by atoms with Crippen LogP contribution >= 0.6 is 0 Å². The molecule has 2 aliphatic rings. The lowest BCUT2D eigenvalue weighted by Gasteiger charge is -2.37. The van der Waals surface area contributed by atoms with Crippen LogP contribution in [-0.4, -0.2) is 58.6 Å². The van der Waals surface area contributed by atoms with Crippen LogP contribution in [0.5, 0.6) is 0 Å². The summed E-state index contributed by atoms with van der Waals surface area (Å²) in [5.74, 6) is -0.0452. The molecule has 0 N–H and O–H groups in total. The molecule has 0 aliphatic carbocycles. The quantitative estimate of drug-likeness (QED) is 0.743. The maximum atomic E-state index is 12.5. The zero-order chi connectivity index (χ0) is 17.7. The maximum absolute atomic E-state index is 12.5. The normalized spacial score (nSPS) is 19.3. The zero-order valence-electron chi connectivity index (χ0n) is 14.9. The lowest BCUT2D eigenvalue weighted by molar-refractivity contribution is 0.00296. The first-order chi connectivity index (χ1) is 12.1. The van der Waals surface area contributed by atoms with E-state index in [0.29, 0.717) is 38.2 Å². The predicted molar refractivity (Wildman–Crippen MR) is 94.3 cm³/mol. The van der Waals surface area contributed by atoms with Gasteiger partial charge in [0.1, 0.15) is 11.3 Å². The zero-order valence-corrected chi connectivity index (χ0v) is 14.9. The first kappa shape index (κ1) is 17.7. The number of likely N-dealkylation sites (tertiary alicyclic amines) is 1. The van der Waals surface area contributed by atoms with E-state index < -0.39 is 5.60 Å². The van der Waals surface area contributed by atoms with Crippen LogP contribution in [0.1, 0.15) is 55.9 Å². The molecule has 0 radical (unpaired) electrons. The van der Waals surface area contributed by atoms with Crippen molar-refractivity contribution in [2.45, 2.75) is 51.0 Å². The smallest absolute Gasteiger partial charge is 0.410 e. The number of hydrogen-bond donors (Lipinski definition) is 0. The number of rotatable bonds is 6. The van der Waals surface area contributed by atoms with Gasteiger partial charge in [0.25, 0.3) is 5.91 Å². The summed E-state index contributed by atoms with van der Waals surface area (Å²) in [6, 6.07) is 5.36. The molecule has 2 aliphatic heterocycles. The first-order valence-corrected chi connectivity index (χ1v) is 9.32. The van der Waals surface area contributed by atoms with Gasteiger partial charge < -0.3 is 14.5 Å². The minimum atomic E-state index is -0.414.